The molecule has 0 saturated heterocycles. The first-order valence-electron chi connectivity index (χ1n) is 6.19. The zero-order valence-corrected chi connectivity index (χ0v) is 10.3. The Balaban J connectivity index is 2.13. The van der Waals surface area contributed by atoms with Crippen LogP contribution in [0.2, 0.25) is 0 Å². The molecule has 0 bridgehead atoms. The number of rotatable bonds is 5. The van der Waals surface area contributed by atoms with Gasteiger partial charge in [0.05, 0.1) is 6.61 Å². The van der Waals surface area contributed by atoms with Crippen molar-refractivity contribution < 1.29 is 4.74 Å². The monoisotopic (exact) mass is 219 g/mol. The van der Waals surface area contributed by atoms with Gasteiger partial charge < -0.3 is 10.1 Å². The molecule has 0 heterocycles. The molecule has 88 valence electrons. The van der Waals surface area contributed by atoms with Crippen molar-refractivity contribution in [3.8, 4) is 0 Å². The number of hydrogen-bond donors (Lipinski definition) is 1. The molecule has 0 fully saturated rings. The summed E-state index contributed by atoms with van der Waals surface area (Å²) >= 11 is 0. The van der Waals surface area contributed by atoms with Gasteiger partial charge in [-0.15, -0.1) is 0 Å². The quantitative estimate of drug-likeness (QED) is 0.822. The molecule has 0 aromatic heterocycles. The average molecular weight is 219 g/mol. The van der Waals surface area contributed by atoms with E-state index in [0.29, 0.717) is 12.6 Å². The summed E-state index contributed by atoms with van der Waals surface area (Å²) in [6, 6.07) is 7.31. The van der Waals surface area contributed by atoms with Gasteiger partial charge in [-0.05, 0) is 42.5 Å². The van der Waals surface area contributed by atoms with Crippen molar-refractivity contribution in [1.82, 2.24) is 5.32 Å². The maximum absolute atomic E-state index is 5.18. The van der Waals surface area contributed by atoms with Crippen LogP contribution in [0.1, 0.15) is 42.5 Å². The molecule has 1 aliphatic rings. The van der Waals surface area contributed by atoms with Crippen LogP contribution in [-0.4, -0.2) is 13.7 Å². The van der Waals surface area contributed by atoms with Crippen molar-refractivity contribution in [2.45, 2.75) is 38.8 Å². The topological polar surface area (TPSA) is 21.3 Å². The highest BCUT2D eigenvalue weighted by molar-refractivity contribution is 5.37. The Morgan fingerprint density at radius 2 is 2.31 bits per heavy atom. The van der Waals surface area contributed by atoms with Gasteiger partial charge in [0, 0.05) is 13.2 Å². The summed E-state index contributed by atoms with van der Waals surface area (Å²) in [5.74, 6) is 0. The molecule has 0 amide bonds. The van der Waals surface area contributed by atoms with E-state index in [-0.39, 0.29) is 0 Å². The van der Waals surface area contributed by atoms with Gasteiger partial charge in [0.15, 0.2) is 0 Å². The first kappa shape index (κ1) is 11.6. The Morgan fingerprint density at radius 3 is 3.06 bits per heavy atom. The first-order chi connectivity index (χ1) is 7.85. The van der Waals surface area contributed by atoms with E-state index < -0.39 is 0 Å². The lowest BCUT2D eigenvalue weighted by Crippen LogP contribution is -2.19. The molecule has 0 spiro atoms. The summed E-state index contributed by atoms with van der Waals surface area (Å²) in [5.41, 5.74) is 4.28. The van der Waals surface area contributed by atoms with Crippen molar-refractivity contribution in [2.75, 3.05) is 13.7 Å². The number of ether oxygens (including phenoxy) is 1. The van der Waals surface area contributed by atoms with Gasteiger partial charge in [-0.2, -0.15) is 0 Å². The SMILES string of the molecule is CCCNC1CCc2ccc(COC)cc21. The smallest absolute Gasteiger partial charge is 0.0713 e. The standard InChI is InChI=1S/C14H21NO/c1-3-8-15-14-7-6-12-5-4-11(10-16-2)9-13(12)14/h4-5,9,14-15H,3,6-8,10H2,1-2H3. The van der Waals surface area contributed by atoms with E-state index >= 15 is 0 Å². The number of fused-ring (bicyclic) bond motifs is 1. The number of hydrogen-bond acceptors (Lipinski definition) is 2. The maximum Gasteiger partial charge on any atom is 0.0713 e. The molecule has 16 heavy (non-hydrogen) atoms. The molecule has 1 aromatic rings. The number of methoxy groups -OCH3 is 1. The zero-order valence-electron chi connectivity index (χ0n) is 10.3. The second-order valence-corrected chi connectivity index (χ2v) is 4.51. The van der Waals surface area contributed by atoms with Crippen molar-refractivity contribution >= 4 is 0 Å². The van der Waals surface area contributed by atoms with Gasteiger partial charge in [-0.25, -0.2) is 0 Å². The third-order valence-electron chi connectivity index (χ3n) is 3.24. The second kappa shape index (κ2) is 5.46. The minimum absolute atomic E-state index is 0.562. The van der Waals surface area contributed by atoms with Crippen LogP contribution in [0.15, 0.2) is 18.2 Å². The Kier molecular flexibility index (Phi) is 3.97. The highest BCUT2D eigenvalue weighted by atomic mass is 16.5. The fraction of sp³-hybridized carbons (Fsp3) is 0.571. The van der Waals surface area contributed by atoms with Gasteiger partial charge in [-0.3, -0.25) is 0 Å². The summed E-state index contributed by atoms with van der Waals surface area (Å²) in [4.78, 5) is 0. The summed E-state index contributed by atoms with van der Waals surface area (Å²) in [6.07, 6.45) is 3.65. The molecule has 0 aliphatic heterocycles. The number of benzene rings is 1. The van der Waals surface area contributed by atoms with E-state index in [1.165, 1.54) is 36.0 Å². The van der Waals surface area contributed by atoms with E-state index in [1.54, 1.807) is 7.11 Å². The van der Waals surface area contributed by atoms with Crippen molar-refractivity contribution in [2.24, 2.45) is 0 Å². The van der Waals surface area contributed by atoms with Gasteiger partial charge in [0.1, 0.15) is 0 Å². The van der Waals surface area contributed by atoms with Crippen molar-refractivity contribution in [3.05, 3.63) is 34.9 Å². The minimum Gasteiger partial charge on any atom is -0.380 e. The van der Waals surface area contributed by atoms with Crippen LogP contribution >= 0.6 is 0 Å². The predicted octanol–water partition coefficient (Wildman–Crippen LogP) is 2.82. The maximum atomic E-state index is 5.18. The third-order valence-corrected chi connectivity index (χ3v) is 3.24. The number of nitrogens with one attached hydrogen (secondary N) is 1. The summed E-state index contributed by atoms with van der Waals surface area (Å²) < 4.78 is 5.18. The molecule has 2 nitrogen and oxygen atoms in total. The second-order valence-electron chi connectivity index (χ2n) is 4.51. The van der Waals surface area contributed by atoms with E-state index in [2.05, 4.69) is 30.4 Å². The van der Waals surface area contributed by atoms with E-state index in [1.807, 2.05) is 0 Å². The van der Waals surface area contributed by atoms with Crippen LogP contribution < -0.4 is 5.32 Å². The normalized spacial score (nSPS) is 18.8. The first-order valence-corrected chi connectivity index (χ1v) is 6.19. The van der Waals surface area contributed by atoms with Crippen LogP contribution in [0.4, 0.5) is 0 Å². The zero-order chi connectivity index (χ0) is 11.4. The van der Waals surface area contributed by atoms with Crippen LogP contribution in [0.3, 0.4) is 0 Å². The highest BCUT2D eigenvalue weighted by Crippen LogP contribution is 2.31. The highest BCUT2D eigenvalue weighted by Gasteiger charge is 2.21. The van der Waals surface area contributed by atoms with Crippen LogP contribution in [0.25, 0.3) is 0 Å². The van der Waals surface area contributed by atoms with Crippen molar-refractivity contribution in [3.63, 3.8) is 0 Å². The number of aryl methyl sites for hydroxylation is 1. The summed E-state index contributed by atoms with van der Waals surface area (Å²) in [7, 11) is 1.75. The lowest BCUT2D eigenvalue weighted by Gasteiger charge is -2.14. The van der Waals surface area contributed by atoms with Crippen LogP contribution in [0, 0.1) is 0 Å². The van der Waals surface area contributed by atoms with Gasteiger partial charge in [-0.1, -0.05) is 25.1 Å². The van der Waals surface area contributed by atoms with E-state index in [0.717, 1.165) is 6.54 Å². The van der Waals surface area contributed by atoms with Gasteiger partial charge in [0.2, 0.25) is 0 Å². The largest absolute Gasteiger partial charge is 0.380 e. The van der Waals surface area contributed by atoms with E-state index in [4.69, 9.17) is 4.74 Å². The molecule has 0 saturated carbocycles. The van der Waals surface area contributed by atoms with Gasteiger partial charge >= 0.3 is 0 Å². The molecule has 2 heteroatoms. The molecule has 1 aliphatic carbocycles. The minimum atomic E-state index is 0.562. The fourth-order valence-electron chi connectivity index (χ4n) is 2.44. The summed E-state index contributed by atoms with van der Waals surface area (Å²) in [6.45, 7) is 4.04. The van der Waals surface area contributed by atoms with Crippen LogP contribution in [-0.2, 0) is 17.8 Å². The Labute approximate surface area is 98.0 Å². The van der Waals surface area contributed by atoms with Crippen molar-refractivity contribution in [1.29, 1.82) is 0 Å². The molecule has 2 rings (SSSR count). The molecule has 1 unspecified atom stereocenters. The third kappa shape index (κ3) is 2.45. The van der Waals surface area contributed by atoms with Gasteiger partial charge in [0.25, 0.3) is 0 Å². The Morgan fingerprint density at radius 1 is 1.44 bits per heavy atom. The lowest BCUT2D eigenvalue weighted by molar-refractivity contribution is 0.185. The average Bonchev–Trinajstić information content (AvgIpc) is 2.69. The van der Waals surface area contributed by atoms with E-state index in [9.17, 15) is 0 Å². The fourth-order valence-corrected chi connectivity index (χ4v) is 2.44. The molecule has 0 radical (unpaired) electrons. The Bertz CT molecular complexity index is 349. The lowest BCUT2D eigenvalue weighted by atomic mass is 10.0. The molecular weight excluding hydrogens is 198 g/mol. The predicted molar refractivity (Wildman–Crippen MR) is 66.5 cm³/mol. The molecule has 1 atom stereocenters. The van der Waals surface area contributed by atoms with Crippen LogP contribution in [0.5, 0.6) is 0 Å². The Hall–Kier alpha value is -0.860. The summed E-state index contributed by atoms with van der Waals surface area (Å²) in [5, 5.41) is 3.62. The molecule has 1 aromatic carbocycles. The molecular formula is C14H21NO. The molecule has 1 N–H and O–H groups in total.